The third kappa shape index (κ3) is 2.94. The number of nitrogens with zero attached hydrogens (tertiary/aromatic N) is 1. The van der Waals surface area contributed by atoms with Crippen LogP contribution in [0.1, 0.15) is 18.4 Å². The summed E-state index contributed by atoms with van der Waals surface area (Å²) in [6.45, 7) is 2.67. The Bertz CT molecular complexity index is 329. The quantitative estimate of drug-likeness (QED) is 0.835. The van der Waals surface area contributed by atoms with Gasteiger partial charge in [0.05, 0.1) is 6.10 Å². The lowest BCUT2D eigenvalue weighted by Crippen LogP contribution is -2.37. The summed E-state index contributed by atoms with van der Waals surface area (Å²) >= 11 is 6.09. The smallest absolute Gasteiger partial charge is 0.0667 e. The van der Waals surface area contributed by atoms with Crippen LogP contribution < -0.4 is 0 Å². The van der Waals surface area contributed by atoms with Gasteiger partial charge in [0.1, 0.15) is 0 Å². The highest BCUT2D eigenvalue weighted by molar-refractivity contribution is 6.31. The van der Waals surface area contributed by atoms with E-state index in [2.05, 4.69) is 4.90 Å². The molecule has 3 heteroatoms. The second kappa shape index (κ2) is 4.97. The summed E-state index contributed by atoms with van der Waals surface area (Å²) in [4.78, 5) is 2.26. The van der Waals surface area contributed by atoms with Crippen molar-refractivity contribution in [2.75, 3.05) is 13.1 Å². The zero-order valence-electron chi connectivity index (χ0n) is 8.69. The van der Waals surface area contributed by atoms with E-state index < -0.39 is 0 Å². The van der Waals surface area contributed by atoms with Crippen molar-refractivity contribution in [1.29, 1.82) is 0 Å². The summed E-state index contributed by atoms with van der Waals surface area (Å²) in [5.41, 5.74) is 1.15. The summed E-state index contributed by atoms with van der Waals surface area (Å²) in [6.07, 6.45) is 1.84. The van der Waals surface area contributed by atoms with Gasteiger partial charge < -0.3 is 5.11 Å². The van der Waals surface area contributed by atoms with Gasteiger partial charge in [-0.2, -0.15) is 0 Å². The van der Waals surface area contributed by atoms with Crippen molar-refractivity contribution in [3.63, 3.8) is 0 Å². The topological polar surface area (TPSA) is 23.5 Å². The monoisotopic (exact) mass is 225 g/mol. The van der Waals surface area contributed by atoms with Crippen molar-refractivity contribution in [1.82, 2.24) is 4.90 Å². The van der Waals surface area contributed by atoms with E-state index >= 15 is 0 Å². The summed E-state index contributed by atoms with van der Waals surface area (Å²) in [5.74, 6) is 0. The first-order chi connectivity index (χ1) is 7.25. The number of likely N-dealkylation sites (tertiary alicyclic amines) is 1. The number of piperidine rings is 1. The lowest BCUT2D eigenvalue weighted by Gasteiger charge is -2.30. The Morgan fingerprint density at radius 3 is 2.93 bits per heavy atom. The van der Waals surface area contributed by atoms with Crippen LogP contribution >= 0.6 is 11.6 Å². The van der Waals surface area contributed by atoms with Gasteiger partial charge in [0.15, 0.2) is 0 Å². The number of aliphatic hydroxyl groups excluding tert-OH is 1. The van der Waals surface area contributed by atoms with Gasteiger partial charge in [0.2, 0.25) is 0 Å². The van der Waals surface area contributed by atoms with Crippen LogP contribution in [0, 0.1) is 0 Å². The molecule has 0 amide bonds. The zero-order chi connectivity index (χ0) is 10.7. The molecule has 2 rings (SSSR count). The van der Waals surface area contributed by atoms with Crippen molar-refractivity contribution in [3.05, 3.63) is 34.9 Å². The largest absolute Gasteiger partial charge is 0.392 e. The van der Waals surface area contributed by atoms with Gasteiger partial charge in [-0.15, -0.1) is 0 Å². The molecule has 82 valence electrons. The van der Waals surface area contributed by atoms with Crippen LogP contribution in [0.25, 0.3) is 0 Å². The van der Waals surface area contributed by atoms with E-state index in [9.17, 15) is 5.11 Å². The van der Waals surface area contributed by atoms with Gasteiger partial charge in [-0.05, 0) is 31.0 Å². The minimum absolute atomic E-state index is 0.166. The lowest BCUT2D eigenvalue weighted by molar-refractivity contribution is 0.0668. The minimum atomic E-state index is -0.166. The summed E-state index contributed by atoms with van der Waals surface area (Å²) in [5, 5.41) is 10.4. The fourth-order valence-corrected chi connectivity index (χ4v) is 2.24. The lowest BCUT2D eigenvalue weighted by atomic mass is 10.1. The molecule has 15 heavy (non-hydrogen) atoms. The molecule has 0 spiro atoms. The maximum Gasteiger partial charge on any atom is 0.0667 e. The van der Waals surface area contributed by atoms with Crippen LogP contribution in [0.5, 0.6) is 0 Å². The van der Waals surface area contributed by atoms with E-state index in [1.165, 1.54) is 0 Å². The molecule has 1 atom stereocenters. The number of hydrogen-bond donors (Lipinski definition) is 1. The number of halogens is 1. The highest BCUT2D eigenvalue weighted by atomic mass is 35.5. The molecule has 1 aliphatic rings. The first-order valence-electron chi connectivity index (χ1n) is 5.39. The SMILES string of the molecule is O[C@@H]1CCCN(Cc2ccccc2Cl)C1. The molecule has 1 saturated heterocycles. The number of rotatable bonds is 2. The van der Waals surface area contributed by atoms with Crippen LogP contribution in [0.15, 0.2) is 24.3 Å². The Balaban J connectivity index is 1.99. The highest BCUT2D eigenvalue weighted by Gasteiger charge is 2.17. The molecule has 0 radical (unpaired) electrons. The normalized spacial score (nSPS) is 22.9. The Morgan fingerprint density at radius 2 is 2.20 bits per heavy atom. The van der Waals surface area contributed by atoms with Crippen molar-refractivity contribution in [2.45, 2.75) is 25.5 Å². The second-order valence-electron chi connectivity index (χ2n) is 4.12. The zero-order valence-corrected chi connectivity index (χ0v) is 9.45. The maximum atomic E-state index is 9.55. The minimum Gasteiger partial charge on any atom is -0.392 e. The van der Waals surface area contributed by atoms with E-state index in [0.29, 0.717) is 0 Å². The molecule has 1 heterocycles. The fraction of sp³-hybridized carbons (Fsp3) is 0.500. The number of hydrogen-bond acceptors (Lipinski definition) is 2. The number of aliphatic hydroxyl groups is 1. The van der Waals surface area contributed by atoms with Gasteiger partial charge in [-0.1, -0.05) is 29.8 Å². The maximum absolute atomic E-state index is 9.55. The van der Waals surface area contributed by atoms with E-state index in [1.807, 2.05) is 24.3 Å². The van der Waals surface area contributed by atoms with Gasteiger partial charge in [-0.25, -0.2) is 0 Å². The predicted octanol–water partition coefficient (Wildman–Crippen LogP) is 2.30. The number of benzene rings is 1. The summed E-state index contributed by atoms with van der Waals surface area (Å²) < 4.78 is 0. The van der Waals surface area contributed by atoms with Gasteiger partial charge in [0, 0.05) is 18.1 Å². The Morgan fingerprint density at radius 1 is 1.40 bits per heavy atom. The molecule has 1 N–H and O–H groups in total. The summed E-state index contributed by atoms with van der Waals surface area (Å²) in [6, 6.07) is 7.90. The van der Waals surface area contributed by atoms with Crippen molar-refractivity contribution < 1.29 is 5.11 Å². The van der Waals surface area contributed by atoms with Crippen LogP contribution in [0.3, 0.4) is 0 Å². The molecular weight excluding hydrogens is 210 g/mol. The first-order valence-corrected chi connectivity index (χ1v) is 5.77. The molecule has 0 bridgehead atoms. The molecule has 0 saturated carbocycles. The molecule has 1 aromatic carbocycles. The Kier molecular flexibility index (Phi) is 3.62. The Hall–Kier alpha value is -0.570. The number of β-amino-alcohol motifs (C(OH)–C–C–N with tert-alkyl or cyclic N) is 1. The van der Waals surface area contributed by atoms with Crippen LogP contribution in [0.2, 0.25) is 5.02 Å². The van der Waals surface area contributed by atoms with Crippen molar-refractivity contribution in [3.8, 4) is 0 Å². The average molecular weight is 226 g/mol. The molecule has 1 aromatic rings. The molecule has 0 unspecified atom stereocenters. The standard InChI is InChI=1S/C12H16ClNO/c13-12-6-2-1-4-10(12)8-14-7-3-5-11(15)9-14/h1-2,4,6,11,15H,3,5,7-9H2/t11-/m1/s1. The van der Waals surface area contributed by atoms with E-state index in [1.54, 1.807) is 0 Å². The molecule has 0 aromatic heterocycles. The summed E-state index contributed by atoms with van der Waals surface area (Å²) in [7, 11) is 0. The van der Waals surface area contributed by atoms with Crippen LogP contribution in [-0.4, -0.2) is 29.2 Å². The first kappa shape index (κ1) is 10.9. The highest BCUT2D eigenvalue weighted by Crippen LogP contribution is 2.19. The molecule has 0 aliphatic carbocycles. The van der Waals surface area contributed by atoms with Gasteiger partial charge in [0.25, 0.3) is 0 Å². The van der Waals surface area contributed by atoms with E-state index in [-0.39, 0.29) is 6.10 Å². The van der Waals surface area contributed by atoms with Gasteiger partial charge >= 0.3 is 0 Å². The average Bonchev–Trinajstić information content (AvgIpc) is 2.22. The molecule has 2 nitrogen and oxygen atoms in total. The Labute approximate surface area is 95.5 Å². The van der Waals surface area contributed by atoms with Crippen molar-refractivity contribution >= 4 is 11.6 Å². The third-order valence-electron chi connectivity index (χ3n) is 2.83. The van der Waals surface area contributed by atoms with Crippen LogP contribution in [0.4, 0.5) is 0 Å². The van der Waals surface area contributed by atoms with E-state index in [4.69, 9.17) is 11.6 Å². The van der Waals surface area contributed by atoms with Crippen molar-refractivity contribution in [2.24, 2.45) is 0 Å². The fourth-order valence-electron chi connectivity index (χ4n) is 2.04. The molecular formula is C12H16ClNO. The second-order valence-corrected chi connectivity index (χ2v) is 4.53. The molecule has 1 aliphatic heterocycles. The van der Waals surface area contributed by atoms with Gasteiger partial charge in [-0.3, -0.25) is 4.90 Å². The third-order valence-corrected chi connectivity index (χ3v) is 3.20. The molecule has 1 fully saturated rings. The van der Waals surface area contributed by atoms with Crippen LogP contribution in [-0.2, 0) is 6.54 Å². The predicted molar refractivity (Wildman–Crippen MR) is 62.0 cm³/mol. The van der Waals surface area contributed by atoms with E-state index in [0.717, 1.165) is 43.1 Å².